The van der Waals surface area contributed by atoms with Gasteiger partial charge in [0.05, 0.1) is 18.0 Å². The number of rotatable bonds is 5. The summed E-state index contributed by atoms with van der Waals surface area (Å²) in [7, 11) is -3.35. The lowest BCUT2D eigenvalue weighted by atomic mass is 10.1. The van der Waals surface area contributed by atoms with Crippen molar-refractivity contribution in [1.82, 2.24) is 5.32 Å². The molecule has 0 bridgehead atoms. The van der Waals surface area contributed by atoms with Gasteiger partial charge in [0.15, 0.2) is 5.60 Å². The first kappa shape index (κ1) is 17.2. The van der Waals surface area contributed by atoms with E-state index < -0.39 is 34.0 Å². The number of hydrogen-bond donors (Lipinski definition) is 3. The predicted octanol–water partition coefficient (Wildman–Crippen LogP) is -0.208. The number of amides is 1. The Labute approximate surface area is 133 Å². The summed E-state index contributed by atoms with van der Waals surface area (Å²) < 4.78 is 25.1. The van der Waals surface area contributed by atoms with Crippen LogP contribution in [0.25, 0.3) is 0 Å². The van der Waals surface area contributed by atoms with Crippen LogP contribution in [0.2, 0.25) is 0 Å². The van der Waals surface area contributed by atoms with Gasteiger partial charge in [-0.2, -0.15) is 0 Å². The number of sulfonamides is 1. The Morgan fingerprint density at radius 1 is 1.39 bits per heavy atom. The summed E-state index contributed by atoms with van der Waals surface area (Å²) in [6, 6.07) is 6.05. The largest absolute Gasteiger partial charge is 0.479 e. The van der Waals surface area contributed by atoms with Crippen molar-refractivity contribution in [3.8, 4) is 0 Å². The number of carbonyl (C=O) groups excluding carboxylic acids is 1. The fourth-order valence-corrected chi connectivity index (χ4v) is 3.72. The zero-order valence-electron chi connectivity index (χ0n) is 12.5. The van der Waals surface area contributed by atoms with Crippen LogP contribution in [-0.4, -0.2) is 55.0 Å². The average Bonchev–Trinajstić information content (AvgIpc) is 2.84. The molecule has 9 heteroatoms. The van der Waals surface area contributed by atoms with E-state index in [-0.39, 0.29) is 11.3 Å². The molecule has 0 radical (unpaired) electrons. The quantitative estimate of drug-likeness (QED) is 0.680. The Morgan fingerprint density at radius 2 is 2.09 bits per heavy atom. The van der Waals surface area contributed by atoms with Crippen molar-refractivity contribution in [2.45, 2.75) is 18.9 Å². The zero-order chi connectivity index (χ0) is 17.3. The van der Waals surface area contributed by atoms with Crippen LogP contribution in [-0.2, 0) is 14.8 Å². The molecule has 1 aliphatic rings. The molecule has 1 unspecified atom stereocenters. The van der Waals surface area contributed by atoms with E-state index in [1.165, 1.54) is 16.4 Å². The number of benzene rings is 1. The molecule has 0 saturated carbocycles. The second-order valence-electron chi connectivity index (χ2n) is 5.55. The highest BCUT2D eigenvalue weighted by molar-refractivity contribution is 7.93. The molecule has 3 N–H and O–H groups in total. The van der Waals surface area contributed by atoms with Crippen LogP contribution in [0.1, 0.15) is 23.7 Å². The van der Waals surface area contributed by atoms with Gasteiger partial charge in [-0.25, -0.2) is 13.2 Å². The number of carboxylic acids is 1. The Kier molecular flexibility index (Phi) is 4.62. The average molecular weight is 342 g/mol. The van der Waals surface area contributed by atoms with Gasteiger partial charge in [-0.1, -0.05) is 6.07 Å². The van der Waals surface area contributed by atoms with Crippen LogP contribution < -0.4 is 9.62 Å². The lowest BCUT2D eigenvalue weighted by Crippen LogP contribution is -2.46. The molecule has 126 valence electrons. The maximum absolute atomic E-state index is 12.1. The minimum absolute atomic E-state index is 0.0743. The van der Waals surface area contributed by atoms with Gasteiger partial charge in [0, 0.05) is 12.1 Å². The number of carboxylic acid groups (broad SMARTS) is 1. The van der Waals surface area contributed by atoms with E-state index in [1.807, 2.05) is 0 Å². The lowest BCUT2D eigenvalue weighted by molar-refractivity contribution is -0.155. The van der Waals surface area contributed by atoms with Crippen LogP contribution in [0.5, 0.6) is 0 Å². The number of anilines is 1. The third-order valence-electron chi connectivity index (χ3n) is 3.55. The summed E-state index contributed by atoms with van der Waals surface area (Å²) in [4.78, 5) is 22.9. The van der Waals surface area contributed by atoms with Crippen molar-refractivity contribution in [3.05, 3.63) is 29.8 Å². The number of aliphatic hydroxyl groups is 1. The number of hydrogen-bond acceptors (Lipinski definition) is 5. The van der Waals surface area contributed by atoms with E-state index >= 15 is 0 Å². The number of nitrogens with zero attached hydrogens (tertiary/aromatic N) is 1. The standard InChI is InChI=1S/C14H18N2O6S/c1-14(20,13(18)19)9-15-12(17)10-4-2-5-11(8-10)16-6-3-7-23(16,21)22/h2,4-5,8,20H,3,6-7,9H2,1H3,(H,15,17)(H,18,19). The molecule has 1 saturated heterocycles. The molecule has 0 aliphatic carbocycles. The van der Waals surface area contributed by atoms with Crippen molar-refractivity contribution in [3.63, 3.8) is 0 Å². The van der Waals surface area contributed by atoms with Crippen molar-refractivity contribution in [2.75, 3.05) is 23.1 Å². The van der Waals surface area contributed by atoms with E-state index in [0.717, 1.165) is 6.92 Å². The molecule has 1 heterocycles. The van der Waals surface area contributed by atoms with Gasteiger partial charge in [0.2, 0.25) is 10.0 Å². The van der Waals surface area contributed by atoms with Gasteiger partial charge in [-0.15, -0.1) is 0 Å². The number of nitrogens with one attached hydrogen (secondary N) is 1. The second kappa shape index (κ2) is 6.17. The molecule has 1 aromatic carbocycles. The first-order valence-corrected chi connectivity index (χ1v) is 8.59. The zero-order valence-corrected chi connectivity index (χ0v) is 13.3. The summed E-state index contributed by atoms with van der Waals surface area (Å²) in [5.41, 5.74) is -1.50. The molecule has 2 rings (SSSR count). The van der Waals surface area contributed by atoms with Gasteiger partial charge < -0.3 is 15.5 Å². The van der Waals surface area contributed by atoms with Crippen LogP contribution >= 0.6 is 0 Å². The minimum Gasteiger partial charge on any atom is -0.479 e. The van der Waals surface area contributed by atoms with Crippen molar-refractivity contribution < 1.29 is 28.2 Å². The number of carbonyl (C=O) groups is 2. The van der Waals surface area contributed by atoms with Gasteiger partial charge in [0.25, 0.3) is 5.91 Å². The predicted molar refractivity (Wildman–Crippen MR) is 82.8 cm³/mol. The Balaban J connectivity index is 2.14. The van der Waals surface area contributed by atoms with Crippen LogP contribution in [0.4, 0.5) is 5.69 Å². The van der Waals surface area contributed by atoms with E-state index in [2.05, 4.69) is 5.32 Å². The summed E-state index contributed by atoms with van der Waals surface area (Å²) in [5, 5.41) is 20.7. The Morgan fingerprint density at radius 3 is 2.65 bits per heavy atom. The first-order valence-electron chi connectivity index (χ1n) is 6.98. The van der Waals surface area contributed by atoms with Crippen LogP contribution in [0, 0.1) is 0 Å². The summed E-state index contributed by atoms with van der Waals surface area (Å²) in [6.45, 7) is 0.970. The van der Waals surface area contributed by atoms with Crippen LogP contribution in [0.3, 0.4) is 0 Å². The number of aliphatic carboxylic acids is 1. The summed E-state index contributed by atoms with van der Waals surface area (Å²) >= 11 is 0. The van der Waals surface area contributed by atoms with Crippen molar-refractivity contribution >= 4 is 27.6 Å². The molecule has 1 amide bonds. The second-order valence-corrected chi connectivity index (χ2v) is 7.57. The smallest absolute Gasteiger partial charge is 0.337 e. The Hall–Kier alpha value is -2.13. The normalized spacial score (nSPS) is 19.1. The molecule has 1 fully saturated rings. The fraction of sp³-hybridized carbons (Fsp3) is 0.429. The first-order chi connectivity index (χ1) is 10.6. The van der Waals surface area contributed by atoms with Gasteiger partial charge >= 0.3 is 5.97 Å². The Bertz CT molecular complexity index is 729. The van der Waals surface area contributed by atoms with Crippen molar-refractivity contribution in [1.29, 1.82) is 0 Å². The van der Waals surface area contributed by atoms with Gasteiger partial charge in [-0.3, -0.25) is 9.10 Å². The van der Waals surface area contributed by atoms with E-state index in [4.69, 9.17) is 5.11 Å². The highest BCUT2D eigenvalue weighted by atomic mass is 32.2. The minimum atomic E-state index is -3.35. The molecule has 0 aromatic heterocycles. The SMILES string of the molecule is CC(O)(CNC(=O)c1cccc(N2CCCS2(=O)=O)c1)C(=O)O. The lowest BCUT2D eigenvalue weighted by Gasteiger charge is -2.19. The van der Waals surface area contributed by atoms with Gasteiger partial charge in [0.1, 0.15) is 0 Å². The maximum atomic E-state index is 12.1. The molecule has 23 heavy (non-hydrogen) atoms. The molecule has 1 atom stereocenters. The molecular weight excluding hydrogens is 324 g/mol. The summed E-state index contributed by atoms with van der Waals surface area (Å²) in [6.07, 6.45) is 0.528. The molecule has 1 aromatic rings. The van der Waals surface area contributed by atoms with E-state index in [1.54, 1.807) is 12.1 Å². The highest BCUT2D eigenvalue weighted by Crippen LogP contribution is 2.24. The topological polar surface area (TPSA) is 124 Å². The third kappa shape index (κ3) is 3.80. The third-order valence-corrected chi connectivity index (χ3v) is 5.42. The molecule has 8 nitrogen and oxygen atoms in total. The van der Waals surface area contributed by atoms with Gasteiger partial charge in [-0.05, 0) is 31.5 Å². The molecule has 1 aliphatic heterocycles. The summed E-state index contributed by atoms with van der Waals surface area (Å²) in [5.74, 6) is -1.97. The van der Waals surface area contributed by atoms with E-state index in [9.17, 15) is 23.1 Å². The molecular formula is C14H18N2O6S. The maximum Gasteiger partial charge on any atom is 0.337 e. The van der Waals surface area contributed by atoms with Crippen LogP contribution in [0.15, 0.2) is 24.3 Å². The fourth-order valence-electron chi connectivity index (χ4n) is 2.16. The highest BCUT2D eigenvalue weighted by Gasteiger charge is 2.31. The van der Waals surface area contributed by atoms with Crippen molar-refractivity contribution in [2.24, 2.45) is 0 Å². The van der Waals surface area contributed by atoms with E-state index in [0.29, 0.717) is 18.7 Å². The molecule has 0 spiro atoms. The monoisotopic (exact) mass is 342 g/mol.